The second kappa shape index (κ2) is 5.23. The number of aromatic nitrogens is 4. The molecule has 2 N–H and O–H groups in total. The molecule has 2 aliphatic rings. The van der Waals surface area contributed by atoms with Gasteiger partial charge < -0.3 is 5.32 Å². The maximum absolute atomic E-state index is 12.0. The van der Waals surface area contributed by atoms with Crippen molar-refractivity contribution >= 4 is 5.78 Å². The van der Waals surface area contributed by atoms with Gasteiger partial charge in [-0.15, -0.1) is 0 Å². The number of H-pyrrole nitrogens is 1. The number of nitrogens with zero attached hydrogens (tertiary/aromatic N) is 4. The molecule has 7 heteroatoms. The molecule has 0 spiro atoms. The maximum Gasteiger partial charge on any atom is 0.274 e. The van der Waals surface area contributed by atoms with E-state index in [0.29, 0.717) is 17.9 Å². The van der Waals surface area contributed by atoms with Crippen LogP contribution in [0.25, 0.3) is 5.78 Å². The van der Waals surface area contributed by atoms with E-state index in [1.165, 1.54) is 36.5 Å². The van der Waals surface area contributed by atoms with E-state index < -0.39 is 0 Å². The molecule has 2 atom stereocenters. The molecule has 0 saturated carbocycles. The summed E-state index contributed by atoms with van der Waals surface area (Å²) in [5, 5.41) is 6.38. The molecule has 0 bridgehead atoms. The van der Waals surface area contributed by atoms with E-state index in [1.807, 2.05) is 0 Å². The van der Waals surface area contributed by atoms with Gasteiger partial charge in [0.15, 0.2) is 0 Å². The Balaban J connectivity index is 1.57. The molecule has 2 aliphatic heterocycles. The summed E-state index contributed by atoms with van der Waals surface area (Å²) in [6, 6.07) is 2.79. The molecule has 7 nitrogen and oxygen atoms in total. The fourth-order valence-electron chi connectivity index (χ4n) is 3.70. The highest BCUT2D eigenvalue weighted by Gasteiger charge is 2.33. The largest absolute Gasteiger partial charge is 0.312 e. The van der Waals surface area contributed by atoms with Crippen LogP contribution in [-0.4, -0.2) is 49.7 Å². The van der Waals surface area contributed by atoms with Crippen LogP contribution < -0.4 is 10.9 Å². The van der Waals surface area contributed by atoms with Crippen LogP contribution >= 0.6 is 0 Å². The standard InChI is InChI=1S/C14H20N6O/c21-13-7-10(18-14-16-9-17-20(13)14)8-19-6-2-4-12(19)11-3-1-5-15-11/h7,9,11-12,15H,1-6,8H2,(H,16,17,18). The lowest BCUT2D eigenvalue weighted by Crippen LogP contribution is -2.43. The number of rotatable bonds is 3. The molecule has 0 aromatic carbocycles. The quantitative estimate of drug-likeness (QED) is 0.839. The van der Waals surface area contributed by atoms with Gasteiger partial charge in [-0.1, -0.05) is 0 Å². The van der Waals surface area contributed by atoms with E-state index in [0.717, 1.165) is 25.3 Å². The summed E-state index contributed by atoms with van der Waals surface area (Å²) in [6.45, 7) is 2.96. The highest BCUT2D eigenvalue weighted by Crippen LogP contribution is 2.25. The van der Waals surface area contributed by atoms with E-state index in [9.17, 15) is 4.79 Å². The number of nitrogens with one attached hydrogen (secondary N) is 2. The lowest BCUT2D eigenvalue weighted by atomic mass is 10.0. The van der Waals surface area contributed by atoms with Gasteiger partial charge in [-0.2, -0.15) is 4.52 Å². The van der Waals surface area contributed by atoms with Crippen molar-refractivity contribution in [1.29, 1.82) is 0 Å². The average Bonchev–Trinajstić information content (AvgIpc) is 3.19. The van der Waals surface area contributed by atoms with Gasteiger partial charge in [0.25, 0.3) is 11.3 Å². The van der Waals surface area contributed by atoms with Crippen molar-refractivity contribution in [1.82, 2.24) is 29.8 Å². The minimum atomic E-state index is -0.0951. The Labute approximate surface area is 122 Å². The summed E-state index contributed by atoms with van der Waals surface area (Å²) in [7, 11) is 0. The lowest BCUT2D eigenvalue weighted by Gasteiger charge is -2.29. The molecule has 112 valence electrons. The van der Waals surface area contributed by atoms with Crippen LogP contribution in [-0.2, 0) is 6.54 Å². The number of hydrogen-bond acceptors (Lipinski definition) is 5. The Morgan fingerprint density at radius 2 is 2.29 bits per heavy atom. The molecule has 0 radical (unpaired) electrons. The Morgan fingerprint density at radius 3 is 3.14 bits per heavy atom. The van der Waals surface area contributed by atoms with Crippen LogP contribution in [0.4, 0.5) is 0 Å². The molecule has 4 heterocycles. The fraction of sp³-hybridized carbons (Fsp3) is 0.643. The topological polar surface area (TPSA) is 78.3 Å². The third kappa shape index (κ3) is 2.36. The number of likely N-dealkylation sites (tertiary alicyclic amines) is 1. The normalized spacial score (nSPS) is 26.9. The summed E-state index contributed by atoms with van der Waals surface area (Å²) in [5.74, 6) is 0.451. The third-order valence-electron chi connectivity index (χ3n) is 4.66. The summed E-state index contributed by atoms with van der Waals surface area (Å²) in [6.07, 6.45) is 6.49. The molecule has 2 unspecified atom stereocenters. The Bertz CT molecular complexity index is 686. The van der Waals surface area contributed by atoms with Gasteiger partial charge in [0.2, 0.25) is 0 Å². The van der Waals surface area contributed by atoms with Gasteiger partial charge in [-0.25, -0.2) is 9.97 Å². The van der Waals surface area contributed by atoms with E-state index in [2.05, 4.69) is 25.3 Å². The highest BCUT2D eigenvalue weighted by atomic mass is 16.1. The average molecular weight is 288 g/mol. The molecular weight excluding hydrogens is 268 g/mol. The van der Waals surface area contributed by atoms with E-state index in [1.54, 1.807) is 6.07 Å². The summed E-state index contributed by atoms with van der Waals surface area (Å²) < 4.78 is 1.36. The van der Waals surface area contributed by atoms with Crippen molar-refractivity contribution in [3.8, 4) is 0 Å². The molecule has 2 aromatic rings. The second-order valence-electron chi connectivity index (χ2n) is 5.99. The maximum atomic E-state index is 12.0. The smallest absolute Gasteiger partial charge is 0.274 e. The monoisotopic (exact) mass is 288 g/mol. The van der Waals surface area contributed by atoms with Crippen molar-refractivity contribution in [3.05, 3.63) is 28.4 Å². The van der Waals surface area contributed by atoms with E-state index >= 15 is 0 Å². The molecule has 2 saturated heterocycles. The minimum Gasteiger partial charge on any atom is -0.312 e. The molecule has 2 aromatic heterocycles. The predicted octanol–water partition coefficient (Wildman–Crippen LogP) is 0.134. The molecule has 4 rings (SSSR count). The zero-order valence-electron chi connectivity index (χ0n) is 12.0. The Kier molecular flexibility index (Phi) is 3.23. The number of aromatic amines is 1. The minimum absolute atomic E-state index is 0.0951. The third-order valence-corrected chi connectivity index (χ3v) is 4.66. The first kappa shape index (κ1) is 13.0. The first-order chi connectivity index (χ1) is 10.3. The van der Waals surface area contributed by atoms with Crippen molar-refractivity contribution in [2.24, 2.45) is 0 Å². The number of hydrogen-bond donors (Lipinski definition) is 2. The lowest BCUT2D eigenvalue weighted by molar-refractivity contribution is 0.204. The van der Waals surface area contributed by atoms with Gasteiger partial charge in [-0.05, 0) is 38.8 Å². The first-order valence-electron chi connectivity index (χ1n) is 7.71. The summed E-state index contributed by atoms with van der Waals surface area (Å²) in [4.78, 5) is 23.0. The van der Waals surface area contributed by atoms with Crippen LogP contribution in [0.15, 0.2) is 17.2 Å². The number of fused-ring (bicyclic) bond motifs is 1. The predicted molar refractivity (Wildman–Crippen MR) is 78.1 cm³/mol. The van der Waals surface area contributed by atoms with Crippen molar-refractivity contribution in [2.75, 3.05) is 13.1 Å². The van der Waals surface area contributed by atoms with Crippen molar-refractivity contribution in [2.45, 2.75) is 44.3 Å². The van der Waals surface area contributed by atoms with Crippen LogP contribution in [0.2, 0.25) is 0 Å². The Morgan fingerprint density at radius 1 is 1.33 bits per heavy atom. The van der Waals surface area contributed by atoms with Gasteiger partial charge >= 0.3 is 0 Å². The first-order valence-corrected chi connectivity index (χ1v) is 7.71. The van der Waals surface area contributed by atoms with Crippen LogP contribution in [0.3, 0.4) is 0 Å². The SMILES string of the molecule is O=c1cc(CN2CCCC2C2CCCN2)nc2nc[nH]n12. The van der Waals surface area contributed by atoms with E-state index in [-0.39, 0.29) is 5.56 Å². The fourth-order valence-corrected chi connectivity index (χ4v) is 3.70. The summed E-state index contributed by atoms with van der Waals surface area (Å²) in [5.41, 5.74) is 0.722. The summed E-state index contributed by atoms with van der Waals surface area (Å²) >= 11 is 0. The van der Waals surface area contributed by atoms with Gasteiger partial charge in [0.1, 0.15) is 6.33 Å². The van der Waals surface area contributed by atoms with Crippen LogP contribution in [0, 0.1) is 0 Å². The Hall–Kier alpha value is -1.73. The van der Waals surface area contributed by atoms with Crippen LogP contribution in [0.5, 0.6) is 0 Å². The van der Waals surface area contributed by atoms with E-state index in [4.69, 9.17) is 0 Å². The highest BCUT2D eigenvalue weighted by molar-refractivity contribution is 5.26. The molecule has 0 amide bonds. The van der Waals surface area contributed by atoms with Gasteiger partial charge in [-0.3, -0.25) is 14.8 Å². The zero-order chi connectivity index (χ0) is 14.2. The van der Waals surface area contributed by atoms with Crippen molar-refractivity contribution in [3.63, 3.8) is 0 Å². The molecular formula is C14H20N6O. The second-order valence-corrected chi connectivity index (χ2v) is 5.99. The van der Waals surface area contributed by atoms with Gasteiger partial charge in [0.05, 0.1) is 5.69 Å². The van der Waals surface area contributed by atoms with Crippen LogP contribution in [0.1, 0.15) is 31.4 Å². The molecule has 0 aliphatic carbocycles. The molecule has 2 fully saturated rings. The molecule has 21 heavy (non-hydrogen) atoms. The van der Waals surface area contributed by atoms with Gasteiger partial charge in [0, 0.05) is 24.7 Å². The zero-order valence-corrected chi connectivity index (χ0v) is 12.0. The van der Waals surface area contributed by atoms with Crippen molar-refractivity contribution < 1.29 is 0 Å².